The van der Waals surface area contributed by atoms with E-state index in [1.807, 2.05) is 52.5 Å². The maximum Gasteiger partial charge on any atom is 0.0930 e. The lowest BCUT2D eigenvalue weighted by Gasteiger charge is -2.19. The van der Waals surface area contributed by atoms with Crippen molar-refractivity contribution in [2.45, 2.75) is 0 Å². The second-order valence-corrected chi connectivity index (χ2v) is 11.2. The van der Waals surface area contributed by atoms with Gasteiger partial charge >= 0.3 is 0 Å². The van der Waals surface area contributed by atoms with Crippen LogP contribution in [0.25, 0.3) is 0 Å². The molecule has 0 aromatic heterocycles. The molecule has 2 aromatic rings. The molecule has 0 bridgehead atoms. The Bertz CT molecular complexity index is 595. The van der Waals surface area contributed by atoms with E-state index in [9.17, 15) is 0 Å². The molecule has 0 spiro atoms. The molecule has 0 saturated carbocycles. The second kappa shape index (κ2) is 6.39. The van der Waals surface area contributed by atoms with Crippen LogP contribution in [0.4, 0.5) is 11.4 Å². The fourth-order valence-corrected chi connectivity index (χ4v) is 4.80. The summed E-state index contributed by atoms with van der Waals surface area (Å²) >= 11 is 12.5. The van der Waals surface area contributed by atoms with Gasteiger partial charge in [-0.1, -0.05) is 47.3 Å². The molecule has 2 nitrogen and oxygen atoms in total. The molecule has 0 radical (unpaired) electrons. The zero-order chi connectivity index (χ0) is 15.6. The van der Waals surface area contributed by atoms with Crippen molar-refractivity contribution >= 4 is 50.4 Å². The first-order valence-electron chi connectivity index (χ1n) is 6.68. The lowest BCUT2D eigenvalue weighted by Crippen LogP contribution is -2.15. The summed E-state index contributed by atoms with van der Waals surface area (Å²) in [5, 5.41) is -0.169. The second-order valence-electron chi connectivity index (χ2n) is 5.35. The summed E-state index contributed by atoms with van der Waals surface area (Å²) in [5.74, 6) is 0. The van der Waals surface area contributed by atoms with Crippen molar-refractivity contribution in [2.24, 2.45) is 0 Å². The van der Waals surface area contributed by atoms with E-state index in [-0.39, 0.29) is 0 Å². The highest BCUT2D eigenvalue weighted by Crippen LogP contribution is 2.49. The Kier molecular flexibility index (Phi) is 4.98. The van der Waals surface area contributed by atoms with Crippen LogP contribution in [0.5, 0.6) is 0 Å². The lowest BCUT2D eigenvalue weighted by molar-refractivity contribution is 1.13. The minimum Gasteiger partial charge on any atom is -0.378 e. The summed E-state index contributed by atoms with van der Waals surface area (Å²) in [4.78, 5) is 4.13. The molecule has 5 heteroatoms. The van der Waals surface area contributed by atoms with Gasteiger partial charge in [-0.25, -0.2) is 0 Å². The summed E-state index contributed by atoms with van der Waals surface area (Å²) in [6.45, 7) is 0. The van der Waals surface area contributed by atoms with Gasteiger partial charge in [0, 0.05) is 50.2 Å². The Balaban J connectivity index is 2.34. The third-order valence-corrected chi connectivity index (χ3v) is 7.76. The lowest BCUT2D eigenvalue weighted by atomic mass is 10.3. The Morgan fingerprint density at radius 2 is 1.00 bits per heavy atom. The third-order valence-electron chi connectivity index (χ3n) is 3.40. The van der Waals surface area contributed by atoms with Gasteiger partial charge < -0.3 is 9.80 Å². The van der Waals surface area contributed by atoms with Crippen LogP contribution >= 0.6 is 16.6 Å². The van der Waals surface area contributed by atoms with Gasteiger partial charge in [0.1, 0.15) is 0 Å². The van der Waals surface area contributed by atoms with Crippen molar-refractivity contribution < 1.29 is 0 Å². The van der Waals surface area contributed by atoms with E-state index in [1.54, 1.807) is 0 Å². The van der Waals surface area contributed by atoms with Crippen molar-refractivity contribution in [3.8, 4) is 0 Å². The van der Waals surface area contributed by atoms with Crippen molar-refractivity contribution in [2.75, 3.05) is 38.0 Å². The molecule has 0 aliphatic carbocycles. The van der Waals surface area contributed by atoms with Gasteiger partial charge in [0.15, 0.2) is 0 Å². The van der Waals surface area contributed by atoms with Crippen LogP contribution in [-0.2, 0) is 11.8 Å². The highest BCUT2D eigenvalue weighted by Gasteiger charge is 2.19. The van der Waals surface area contributed by atoms with Gasteiger partial charge in [-0.3, -0.25) is 0 Å². The minimum atomic E-state index is -2.23. The summed E-state index contributed by atoms with van der Waals surface area (Å²) in [6.07, 6.45) is 0. The van der Waals surface area contributed by atoms with Crippen LogP contribution in [0, 0.1) is 0 Å². The Labute approximate surface area is 137 Å². The van der Waals surface area contributed by atoms with Gasteiger partial charge in [-0.05, 0) is 24.3 Å². The molecule has 0 heterocycles. The van der Waals surface area contributed by atoms with Crippen LogP contribution in [0.15, 0.2) is 48.5 Å². The van der Waals surface area contributed by atoms with Crippen molar-refractivity contribution in [3.63, 3.8) is 0 Å². The maximum absolute atomic E-state index is 6.75. The third kappa shape index (κ3) is 3.60. The molecule has 0 unspecified atom stereocenters. The van der Waals surface area contributed by atoms with Crippen LogP contribution in [-0.4, -0.2) is 28.2 Å². The molecule has 2 aromatic carbocycles. The average molecular weight is 339 g/mol. The van der Waals surface area contributed by atoms with Gasteiger partial charge in [-0.15, -0.1) is 0 Å². The highest BCUT2D eigenvalue weighted by molar-refractivity contribution is 8.34. The van der Waals surface area contributed by atoms with Gasteiger partial charge in [0.2, 0.25) is 0 Å². The predicted octanol–water partition coefficient (Wildman–Crippen LogP) is 3.40. The number of anilines is 2. The van der Waals surface area contributed by atoms with E-state index in [1.165, 1.54) is 0 Å². The summed E-state index contributed by atoms with van der Waals surface area (Å²) in [6, 6.07) is 16.4. The van der Waals surface area contributed by atoms with Crippen LogP contribution in [0.2, 0.25) is 0 Å². The molecule has 0 fully saturated rings. The smallest absolute Gasteiger partial charge is 0.0930 e. The van der Waals surface area contributed by atoms with Gasteiger partial charge in [0.25, 0.3) is 0 Å². The monoisotopic (exact) mass is 338 g/mol. The average Bonchev–Trinajstić information content (AvgIpc) is 2.47. The standard InChI is InChI=1S/C16H20ClN2PS/c1-18(2)13-5-9-15(10-6-13)20(17,21)16-11-7-14(8-12-16)19(3)4/h5-12H,1-4H3. The SMILES string of the molecule is CN(C)c1ccc(P(=S)(Cl)c2ccc(N(C)C)cc2)cc1. The molecule has 112 valence electrons. The van der Waals surface area contributed by atoms with E-state index >= 15 is 0 Å². The van der Waals surface area contributed by atoms with E-state index in [4.69, 9.17) is 23.0 Å². The molecular formula is C16H20ClN2PS. The molecule has 0 amide bonds. The van der Waals surface area contributed by atoms with E-state index in [0.29, 0.717) is 0 Å². The first kappa shape index (κ1) is 16.4. The number of hydrogen-bond donors (Lipinski definition) is 0. The van der Waals surface area contributed by atoms with Crippen molar-refractivity contribution in [3.05, 3.63) is 48.5 Å². The number of hydrogen-bond acceptors (Lipinski definition) is 3. The molecule has 21 heavy (non-hydrogen) atoms. The predicted molar refractivity (Wildman–Crippen MR) is 101 cm³/mol. The maximum atomic E-state index is 6.75. The van der Waals surface area contributed by atoms with E-state index in [2.05, 4.69) is 34.1 Å². The van der Waals surface area contributed by atoms with E-state index < -0.39 is 5.39 Å². The summed E-state index contributed by atoms with van der Waals surface area (Å²) < 4.78 is 0. The fourth-order valence-electron chi connectivity index (χ4n) is 2.03. The van der Waals surface area contributed by atoms with Crippen molar-refractivity contribution in [1.82, 2.24) is 0 Å². The van der Waals surface area contributed by atoms with E-state index in [0.717, 1.165) is 22.0 Å². The highest BCUT2D eigenvalue weighted by atomic mass is 35.7. The van der Waals surface area contributed by atoms with Crippen LogP contribution in [0.3, 0.4) is 0 Å². The number of halogens is 1. The summed E-state index contributed by atoms with van der Waals surface area (Å²) in [7, 11) is 8.08. The number of nitrogens with zero attached hydrogens (tertiary/aromatic N) is 2. The van der Waals surface area contributed by atoms with Crippen LogP contribution in [0.1, 0.15) is 0 Å². The van der Waals surface area contributed by atoms with Crippen molar-refractivity contribution in [1.29, 1.82) is 0 Å². The fraction of sp³-hybridized carbons (Fsp3) is 0.250. The number of rotatable bonds is 4. The molecule has 0 aliphatic heterocycles. The molecule has 0 N–H and O–H groups in total. The first-order chi connectivity index (χ1) is 9.82. The topological polar surface area (TPSA) is 6.48 Å². The Morgan fingerprint density at radius 1 is 0.714 bits per heavy atom. The molecular weight excluding hydrogens is 319 g/mol. The van der Waals surface area contributed by atoms with Crippen LogP contribution < -0.4 is 20.4 Å². The largest absolute Gasteiger partial charge is 0.378 e. The molecule has 0 saturated heterocycles. The Morgan fingerprint density at radius 3 is 1.24 bits per heavy atom. The van der Waals surface area contributed by atoms with Gasteiger partial charge in [-0.2, -0.15) is 0 Å². The molecule has 2 rings (SSSR count). The molecule has 0 atom stereocenters. The summed E-state index contributed by atoms with van der Waals surface area (Å²) in [5.41, 5.74) is 2.29. The number of benzene rings is 2. The zero-order valence-electron chi connectivity index (χ0n) is 12.7. The van der Waals surface area contributed by atoms with Gasteiger partial charge in [0.05, 0.1) is 5.39 Å². The molecule has 0 aliphatic rings. The quantitative estimate of drug-likeness (QED) is 0.789. The minimum absolute atomic E-state index is 1.03. The normalized spacial score (nSPS) is 11.3. The Hall–Kier alpha value is -1.02. The zero-order valence-corrected chi connectivity index (χ0v) is 15.2. The first-order valence-corrected chi connectivity index (χ1v) is 10.4.